The normalized spacial score (nSPS) is 13.8. The highest BCUT2D eigenvalue weighted by Crippen LogP contribution is 2.33. The van der Waals surface area contributed by atoms with E-state index in [1.165, 1.54) is 11.3 Å². The maximum absolute atomic E-state index is 11.6. The van der Waals surface area contributed by atoms with Gasteiger partial charge < -0.3 is 4.74 Å². The second kappa shape index (κ2) is 3.28. The third kappa shape index (κ3) is 1.20. The third-order valence-corrected chi connectivity index (χ3v) is 3.36. The van der Waals surface area contributed by atoms with Crippen LogP contribution in [0.2, 0.25) is 0 Å². The molecular weight excluding hydrogens is 224 g/mol. The van der Waals surface area contributed by atoms with Crippen LogP contribution in [0.15, 0.2) is 35.7 Å². The third-order valence-electron chi connectivity index (χ3n) is 2.46. The summed E-state index contributed by atoms with van der Waals surface area (Å²) in [5.74, 6) is -1.11. The molecule has 0 aliphatic carbocycles. The van der Waals surface area contributed by atoms with Crippen molar-refractivity contribution in [3.8, 4) is 10.4 Å². The fraction of sp³-hybridized carbons (Fsp3) is 0. The van der Waals surface area contributed by atoms with E-state index in [4.69, 9.17) is 0 Å². The van der Waals surface area contributed by atoms with Crippen LogP contribution in [0.1, 0.15) is 20.7 Å². The number of benzene rings is 1. The largest absolute Gasteiger partial charge is 0.386 e. The summed E-state index contributed by atoms with van der Waals surface area (Å²) in [6.45, 7) is 0. The van der Waals surface area contributed by atoms with Crippen LogP contribution in [-0.2, 0) is 4.74 Å². The Morgan fingerprint density at radius 1 is 0.938 bits per heavy atom. The van der Waals surface area contributed by atoms with Crippen molar-refractivity contribution in [3.05, 3.63) is 46.8 Å². The van der Waals surface area contributed by atoms with Gasteiger partial charge in [0, 0.05) is 10.4 Å². The molecule has 1 aliphatic heterocycles. The molecule has 1 aromatic heterocycles. The Balaban J connectivity index is 2.30. The van der Waals surface area contributed by atoms with E-state index in [0.29, 0.717) is 11.1 Å². The Kier molecular flexibility index (Phi) is 1.91. The van der Waals surface area contributed by atoms with Crippen molar-refractivity contribution in [2.75, 3.05) is 0 Å². The van der Waals surface area contributed by atoms with E-state index in [2.05, 4.69) is 4.74 Å². The summed E-state index contributed by atoms with van der Waals surface area (Å²) in [5, 5.41) is 1.93. The van der Waals surface area contributed by atoms with Crippen molar-refractivity contribution >= 4 is 23.3 Å². The molecule has 0 saturated carbocycles. The van der Waals surface area contributed by atoms with E-state index in [9.17, 15) is 9.59 Å². The van der Waals surface area contributed by atoms with Crippen LogP contribution in [0.5, 0.6) is 0 Å². The summed E-state index contributed by atoms with van der Waals surface area (Å²) >= 11 is 1.53. The minimum Gasteiger partial charge on any atom is -0.386 e. The molecule has 1 aliphatic rings. The maximum Gasteiger partial charge on any atom is 0.347 e. The van der Waals surface area contributed by atoms with Crippen molar-refractivity contribution in [1.29, 1.82) is 0 Å². The first-order valence-corrected chi connectivity index (χ1v) is 5.59. The van der Waals surface area contributed by atoms with Crippen LogP contribution < -0.4 is 0 Å². The Bertz CT molecular complexity index is 584. The number of hydrogen-bond donors (Lipinski definition) is 0. The molecule has 0 fully saturated rings. The molecule has 0 unspecified atom stereocenters. The monoisotopic (exact) mass is 230 g/mol. The highest BCUT2D eigenvalue weighted by Gasteiger charge is 2.32. The van der Waals surface area contributed by atoms with Gasteiger partial charge in [0.2, 0.25) is 0 Å². The van der Waals surface area contributed by atoms with E-state index >= 15 is 0 Å². The molecule has 0 radical (unpaired) electrons. The van der Waals surface area contributed by atoms with Gasteiger partial charge >= 0.3 is 11.9 Å². The molecule has 0 spiro atoms. The number of ether oxygens (including phenoxy) is 1. The van der Waals surface area contributed by atoms with E-state index in [0.717, 1.165) is 10.4 Å². The molecular formula is C12H6O3S. The standard InChI is InChI=1S/C12H6O3S/c13-11-8-4-1-3-7(9-5-2-6-16-9)10(8)12(14)15-11/h1-6H. The number of thiophene rings is 1. The Labute approximate surface area is 95.3 Å². The molecule has 0 N–H and O–H groups in total. The molecule has 2 heterocycles. The number of esters is 2. The van der Waals surface area contributed by atoms with Crippen LogP contribution >= 0.6 is 11.3 Å². The average Bonchev–Trinajstić information content (AvgIpc) is 2.88. The van der Waals surface area contributed by atoms with Crippen molar-refractivity contribution in [3.63, 3.8) is 0 Å². The first kappa shape index (κ1) is 9.30. The Morgan fingerprint density at radius 2 is 1.75 bits per heavy atom. The van der Waals surface area contributed by atoms with Gasteiger partial charge in [0.25, 0.3) is 0 Å². The molecule has 16 heavy (non-hydrogen) atoms. The van der Waals surface area contributed by atoms with Gasteiger partial charge in [-0.2, -0.15) is 0 Å². The quantitative estimate of drug-likeness (QED) is 0.559. The van der Waals surface area contributed by atoms with Crippen molar-refractivity contribution in [1.82, 2.24) is 0 Å². The van der Waals surface area contributed by atoms with Crippen molar-refractivity contribution in [2.45, 2.75) is 0 Å². The maximum atomic E-state index is 11.6. The lowest BCUT2D eigenvalue weighted by molar-refractivity contribution is 0.0444. The molecule has 0 saturated heterocycles. The van der Waals surface area contributed by atoms with Gasteiger partial charge in [0.05, 0.1) is 11.1 Å². The number of rotatable bonds is 1. The smallest absolute Gasteiger partial charge is 0.347 e. The molecule has 4 heteroatoms. The predicted molar refractivity (Wildman–Crippen MR) is 59.5 cm³/mol. The van der Waals surface area contributed by atoms with Crippen LogP contribution in [0.25, 0.3) is 10.4 Å². The minimum absolute atomic E-state index is 0.357. The lowest BCUT2D eigenvalue weighted by atomic mass is 10.0. The summed E-state index contributed by atoms with van der Waals surface area (Å²) < 4.78 is 4.60. The average molecular weight is 230 g/mol. The Morgan fingerprint density at radius 3 is 2.50 bits per heavy atom. The highest BCUT2D eigenvalue weighted by atomic mass is 32.1. The second-order valence-corrected chi connectivity index (χ2v) is 4.33. The van der Waals surface area contributed by atoms with Crippen LogP contribution in [-0.4, -0.2) is 11.9 Å². The number of fused-ring (bicyclic) bond motifs is 1. The van der Waals surface area contributed by atoms with Gasteiger partial charge in [0.15, 0.2) is 0 Å². The fourth-order valence-electron chi connectivity index (χ4n) is 1.77. The molecule has 1 aromatic carbocycles. The Hall–Kier alpha value is -1.94. The molecule has 0 atom stereocenters. The summed E-state index contributed by atoms with van der Waals surface area (Å²) in [7, 11) is 0. The second-order valence-electron chi connectivity index (χ2n) is 3.38. The van der Waals surface area contributed by atoms with E-state index < -0.39 is 11.9 Å². The van der Waals surface area contributed by atoms with Crippen LogP contribution in [0, 0.1) is 0 Å². The first-order chi connectivity index (χ1) is 7.77. The van der Waals surface area contributed by atoms with Gasteiger partial charge in [-0.3, -0.25) is 0 Å². The molecule has 2 aromatic rings. The molecule has 3 rings (SSSR count). The zero-order chi connectivity index (χ0) is 11.1. The van der Waals surface area contributed by atoms with Crippen LogP contribution in [0.4, 0.5) is 0 Å². The topological polar surface area (TPSA) is 43.4 Å². The minimum atomic E-state index is -0.557. The van der Waals surface area contributed by atoms with E-state index in [1.807, 2.05) is 23.6 Å². The number of cyclic esters (lactones) is 2. The number of carbonyl (C=O) groups is 2. The summed E-state index contributed by atoms with van der Waals surface area (Å²) in [6, 6.07) is 9.01. The van der Waals surface area contributed by atoms with E-state index in [1.54, 1.807) is 12.1 Å². The zero-order valence-corrected chi connectivity index (χ0v) is 8.91. The van der Waals surface area contributed by atoms with Gasteiger partial charge in [-0.15, -0.1) is 11.3 Å². The van der Waals surface area contributed by atoms with Gasteiger partial charge in [-0.05, 0) is 17.5 Å². The predicted octanol–water partition coefficient (Wildman–Crippen LogP) is 2.73. The fourth-order valence-corrected chi connectivity index (χ4v) is 2.53. The van der Waals surface area contributed by atoms with E-state index in [-0.39, 0.29) is 0 Å². The first-order valence-electron chi connectivity index (χ1n) is 4.71. The van der Waals surface area contributed by atoms with Crippen molar-refractivity contribution in [2.24, 2.45) is 0 Å². The molecule has 78 valence electrons. The summed E-state index contributed by atoms with van der Waals surface area (Å²) in [6.07, 6.45) is 0. The summed E-state index contributed by atoms with van der Waals surface area (Å²) in [4.78, 5) is 23.9. The van der Waals surface area contributed by atoms with Gasteiger partial charge in [-0.25, -0.2) is 9.59 Å². The van der Waals surface area contributed by atoms with Gasteiger partial charge in [-0.1, -0.05) is 18.2 Å². The molecule has 0 bridgehead atoms. The molecule has 0 amide bonds. The number of carbonyl (C=O) groups excluding carboxylic acids is 2. The zero-order valence-electron chi connectivity index (χ0n) is 8.10. The summed E-state index contributed by atoms with van der Waals surface area (Å²) in [5.41, 5.74) is 1.51. The lowest BCUT2D eigenvalue weighted by Crippen LogP contribution is -1.97. The van der Waals surface area contributed by atoms with Gasteiger partial charge in [0.1, 0.15) is 0 Å². The lowest BCUT2D eigenvalue weighted by Gasteiger charge is -2.00. The SMILES string of the molecule is O=C1OC(=O)c2c1cccc2-c1cccs1. The number of hydrogen-bond acceptors (Lipinski definition) is 4. The van der Waals surface area contributed by atoms with Crippen LogP contribution in [0.3, 0.4) is 0 Å². The highest BCUT2D eigenvalue weighted by molar-refractivity contribution is 7.13. The molecule has 3 nitrogen and oxygen atoms in total. The van der Waals surface area contributed by atoms with Crippen molar-refractivity contribution < 1.29 is 14.3 Å².